The Bertz CT molecular complexity index is 888. The third-order valence-electron chi connectivity index (χ3n) is 3.87. The summed E-state index contributed by atoms with van der Waals surface area (Å²) in [4.78, 5) is 1.13. The van der Waals surface area contributed by atoms with Gasteiger partial charge in [-0.3, -0.25) is 0 Å². The van der Waals surface area contributed by atoms with E-state index in [4.69, 9.17) is 9.47 Å². The molecule has 0 radical (unpaired) electrons. The molecule has 0 saturated heterocycles. The van der Waals surface area contributed by atoms with E-state index in [0.717, 1.165) is 27.6 Å². The Balaban J connectivity index is 1.84. The van der Waals surface area contributed by atoms with E-state index in [1.165, 1.54) is 0 Å². The Hall–Kier alpha value is -2.87. The minimum Gasteiger partial charge on any atom is -0.497 e. The normalized spacial score (nSPS) is 16.1. The van der Waals surface area contributed by atoms with E-state index in [-0.39, 0.29) is 6.04 Å². The van der Waals surface area contributed by atoms with Gasteiger partial charge in [0.2, 0.25) is 5.95 Å². The van der Waals surface area contributed by atoms with Crippen LogP contribution in [0.3, 0.4) is 0 Å². The Morgan fingerprint density at radius 3 is 2.88 bits per heavy atom. The van der Waals surface area contributed by atoms with Gasteiger partial charge in [-0.25, -0.2) is 0 Å². The molecule has 24 heavy (non-hydrogen) atoms. The molecule has 1 aliphatic heterocycles. The topological polar surface area (TPSA) is 74.1 Å². The lowest BCUT2D eigenvalue weighted by molar-refractivity contribution is 0.387. The molecule has 1 N–H and O–H groups in total. The van der Waals surface area contributed by atoms with Crippen molar-refractivity contribution in [2.24, 2.45) is 0 Å². The summed E-state index contributed by atoms with van der Waals surface area (Å²) in [6, 6.07) is 9.65. The zero-order valence-electron chi connectivity index (χ0n) is 13.1. The fourth-order valence-electron chi connectivity index (χ4n) is 2.71. The number of aromatic nitrogens is 4. The maximum atomic E-state index is 5.55. The van der Waals surface area contributed by atoms with E-state index in [9.17, 15) is 0 Å². The van der Waals surface area contributed by atoms with Crippen LogP contribution in [-0.4, -0.2) is 34.4 Å². The Kier molecular flexibility index (Phi) is 3.66. The van der Waals surface area contributed by atoms with Crippen molar-refractivity contribution in [3.63, 3.8) is 0 Å². The lowest BCUT2D eigenvalue weighted by Gasteiger charge is -2.24. The molecular formula is C16H15N5O2S. The number of hydrogen-bond acceptors (Lipinski definition) is 7. The zero-order valence-corrected chi connectivity index (χ0v) is 13.9. The first kappa shape index (κ1) is 14.7. The number of allylic oxidation sites excluding steroid dienone is 1. The van der Waals surface area contributed by atoms with Crippen molar-refractivity contribution in [3.8, 4) is 11.5 Å². The van der Waals surface area contributed by atoms with Crippen molar-refractivity contribution in [1.29, 1.82) is 0 Å². The fourth-order valence-corrected chi connectivity index (χ4v) is 3.42. The van der Waals surface area contributed by atoms with Crippen LogP contribution in [0.2, 0.25) is 0 Å². The highest BCUT2D eigenvalue weighted by molar-refractivity contribution is 7.11. The summed E-state index contributed by atoms with van der Waals surface area (Å²) in [6.45, 7) is 0. The van der Waals surface area contributed by atoms with Gasteiger partial charge in [0.25, 0.3) is 0 Å². The van der Waals surface area contributed by atoms with Crippen LogP contribution in [0.1, 0.15) is 16.5 Å². The molecule has 0 bridgehead atoms. The van der Waals surface area contributed by atoms with Crippen molar-refractivity contribution < 1.29 is 9.47 Å². The number of nitrogens with zero attached hydrogens (tertiary/aromatic N) is 4. The average molecular weight is 341 g/mol. The lowest BCUT2D eigenvalue weighted by atomic mass is 10.0. The molecular weight excluding hydrogens is 326 g/mol. The van der Waals surface area contributed by atoms with E-state index in [2.05, 4.69) is 33.0 Å². The van der Waals surface area contributed by atoms with Gasteiger partial charge >= 0.3 is 0 Å². The second kappa shape index (κ2) is 5.97. The van der Waals surface area contributed by atoms with Gasteiger partial charge < -0.3 is 14.8 Å². The van der Waals surface area contributed by atoms with Crippen LogP contribution >= 0.6 is 11.3 Å². The highest BCUT2D eigenvalue weighted by atomic mass is 32.1. The number of methoxy groups -OCH3 is 2. The van der Waals surface area contributed by atoms with Crippen molar-refractivity contribution >= 4 is 23.0 Å². The summed E-state index contributed by atoms with van der Waals surface area (Å²) in [5.41, 5.74) is 1.94. The molecule has 1 aliphatic rings. The minimum atomic E-state index is -0.172. The first-order valence-corrected chi connectivity index (χ1v) is 8.20. The van der Waals surface area contributed by atoms with E-state index in [0.29, 0.717) is 5.95 Å². The van der Waals surface area contributed by atoms with Crippen molar-refractivity contribution in [2.45, 2.75) is 6.04 Å². The number of thiophene rings is 1. The number of fused-ring (bicyclic) bond motifs is 1. The third kappa shape index (κ3) is 2.41. The number of tetrazole rings is 1. The maximum absolute atomic E-state index is 5.55. The van der Waals surface area contributed by atoms with Gasteiger partial charge in [0.05, 0.1) is 24.8 Å². The molecule has 4 rings (SSSR count). The fraction of sp³-hybridized carbons (Fsp3) is 0.188. The van der Waals surface area contributed by atoms with Gasteiger partial charge in [-0.05, 0) is 40.1 Å². The van der Waals surface area contributed by atoms with Crippen LogP contribution in [0.15, 0.2) is 41.8 Å². The van der Waals surface area contributed by atoms with Crippen molar-refractivity contribution in [2.75, 3.05) is 19.5 Å². The summed E-state index contributed by atoms with van der Waals surface area (Å²) in [5.74, 6) is 2.07. The minimum absolute atomic E-state index is 0.172. The first-order chi connectivity index (χ1) is 11.8. The molecule has 0 saturated carbocycles. The molecule has 2 aromatic heterocycles. The molecule has 3 heterocycles. The summed E-state index contributed by atoms with van der Waals surface area (Å²) >= 11 is 1.66. The highest BCUT2D eigenvalue weighted by Gasteiger charge is 2.27. The Morgan fingerprint density at radius 1 is 1.21 bits per heavy atom. The molecule has 0 amide bonds. The zero-order chi connectivity index (χ0) is 16.5. The van der Waals surface area contributed by atoms with Crippen molar-refractivity contribution in [3.05, 3.63) is 52.2 Å². The molecule has 0 aliphatic carbocycles. The summed E-state index contributed by atoms with van der Waals surface area (Å²) in [5, 5.41) is 17.3. The molecule has 3 aromatic rings. The first-order valence-electron chi connectivity index (χ1n) is 7.32. The smallest absolute Gasteiger partial charge is 0.248 e. The van der Waals surface area contributed by atoms with Crippen LogP contribution in [0.25, 0.3) is 5.70 Å². The third-order valence-corrected chi connectivity index (χ3v) is 4.78. The van der Waals surface area contributed by atoms with Crippen LogP contribution in [0.5, 0.6) is 11.5 Å². The molecule has 0 spiro atoms. The number of benzene rings is 1. The highest BCUT2D eigenvalue weighted by Crippen LogP contribution is 2.37. The molecule has 7 nitrogen and oxygen atoms in total. The van der Waals surface area contributed by atoms with Crippen LogP contribution in [-0.2, 0) is 0 Å². The second-order valence-electron chi connectivity index (χ2n) is 5.18. The SMILES string of the molecule is COc1ccc(C2C=C(c3cccs3)Nc3nnnn32)c(OC)c1. The number of hydrogen-bond donors (Lipinski definition) is 1. The largest absolute Gasteiger partial charge is 0.497 e. The van der Waals surface area contributed by atoms with Gasteiger partial charge in [0.1, 0.15) is 17.5 Å². The Labute approximate surface area is 142 Å². The second-order valence-corrected chi connectivity index (χ2v) is 6.13. The van der Waals surface area contributed by atoms with E-state index in [1.54, 1.807) is 30.2 Å². The van der Waals surface area contributed by atoms with Crippen LogP contribution in [0, 0.1) is 0 Å². The predicted octanol–water partition coefficient (Wildman–Crippen LogP) is 2.81. The molecule has 1 unspecified atom stereocenters. The monoisotopic (exact) mass is 341 g/mol. The van der Waals surface area contributed by atoms with E-state index < -0.39 is 0 Å². The van der Waals surface area contributed by atoms with Gasteiger partial charge in [-0.2, -0.15) is 4.68 Å². The standard InChI is InChI=1S/C16H15N5O2S/c1-22-10-5-6-11(14(8-10)23-2)13-9-12(15-4-3-7-24-15)17-16-18-19-20-21(13)16/h3-9,13H,1-2H3,(H,17,18,20). The van der Waals surface area contributed by atoms with Gasteiger partial charge in [0, 0.05) is 11.6 Å². The van der Waals surface area contributed by atoms with Gasteiger partial charge in [0.15, 0.2) is 0 Å². The van der Waals surface area contributed by atoms with Gasteiger partial charge in [-0.15, -0.1) is 11.3 Å². The molecule has 0 fully saturated rings. The number of nitrogens with one attached hydrogen (secondary N) is 1. The number of rotatable bonds is 4. The average Bonchev–Trinajstić information content (AvgIpc) is 3.31. The van der Waals surface area contributed by atoms with E-state index >= 15 is 0 Å². The van der Waals surface area contributed by atoms with Crippen molar-refractivity contribution in [1.82, 2.24) is 20.2 Å². The van der Waals surface area contributed by atoms with Crippen LogP contribution in [0.4, 0.5) is 5.95 Å². The van der Waals surface area contributed by atoms with Gasteiger partial charge in [-0.1, -0.05) is 11.2 Å². The summed E-state index contributed by atoms with van der Waals surface area (Å²) in [6.07, 6.45) is 2.10. The number of anilines is 1. The van der Waals surface area contributed by atoms with E-state index in [1.807, 2.05) is 29.6 Å². The molecule has 1 atom stereocenters. The predicted molar refractivity (Wildman–Crippen MR) is 91.4 cm³/mol. The molecule has 8 heteroatoms. The maximum Gasteiger partial charge on any atom is 0.248 e. The summed E-state index contributed by atoms with van der Waals surface area (Å²) < 4.78 is 12.6. The number of ether oxygens (including phenoxy) is 2. The summed E-state index contributed by atoms with van der Waals surface area (Å²) in [7, 11) is 3.27. The Morgan fingerprint density at radius 2 is 2.12 bits per heavy atom. The lowest BCUT2D eigenvalue weighted by Crippen LogP contribution is -2.20. The quantitative estimate of drug-likeness (QED) is 0.786. The van der Waals surface area contributed by atoms with Crippen LogP contribution < -0.4 is 14.8 Å². The molecule has 122 valence electrons. The molecule has 1 aromatic carbocycles.